The van der Waals surface area contributed by atoms with Gasteiger partial charge in [0.25, 0.3) is 5.78 Å². The first-order chi connectivity index (χ1) is 19.8. The summed E-state index contributed by atoms with van der Waals surface area (Å²) >= 11 is 0. The van der Waals surface area contributed by atoms with Gasteiger partial charge in [0.05, 0.1) is 0 Å². The Kier molecular flexibility index (Phi) is 8.66. The summed E-state index contributed by atoms with van der Waals surface area (Å²) in [6.07, 6.45) is 0.434. The van der Waals surface area contributed by atoms with Crippen molar-refractivity contribution in [3.8, 4) is 33.8 Å². The van der Waals surface area contributed by atoms with Crippen molar-refractivity contribution in [2.75, 3.05) is 0 Å². The van der Waals surface area contributed by atoms with Gasteiger partial charge in [-0.3, -0.25) is 4.79 Å². The Labute approximate surface area is 242 Å². The smallest absolute Gasteiger partial charge is 0.379 e. The van der Waals surface area contributed by atoms with Gasteiger partial charge in [0.15, 0.2) is 0 Å². The van der Waals surface area contributed by atoms with Crippen LogP contribution in [0.3, 0.4) is 0 Å². The third kappa shape index (κ3) is 6.61. The van der Waals surface area contributed by atoms with Gasteiger partial charge < -0.3 is 14.2 Å². The number of benzene rings is 3. The van der Waals surface area contributed by atoms with Crippen molar-refractivity contribution in [2.24, 2.45) is 0 Å². The van der Waals surface area contributed by atoms with E-state index in [9.17, 15) is 19.2 Å². The molecule has 3 aromatic carbocycles. The minimum atomic E-state index is -0.923. The zero-order valence-electron chi connectivity index (χ0n) is 23.5. The lowest BCUT2D eigenvalue weighted by molar-refractivity contribution is -0.156. The van der Waals surface area contributed by atoms with Gasteiger partial charge in [-0.2, -0.15) is 0 Å². The van der Waals surface area contributed by atoms with Crippen LogP contribution in [0.5, 0.6) is 11.5 Å². The molecule has 0 heterocycles. The van der Waals surface area contributed by atoms with Crippen LogP contribution in [0.15, 0.2) is 91.1 Å². The van der Waals surface area contributed by atoms with E-state index in [-0.39, 0.29) is 39.3 Å². The molecule has 4 rings (SSSR count). The van der Waals surface area contributed by atoms with Crippen LogP contribution in [0.2, 0.25) is 0 Å². The monoisotopic (exact) mass is 568 g/mol. The van der Waals surface area contributed by atoms with E-state index in [2.05, 4.69) is 19.7 Å². The fourth-order valence-electron chi connectivity index (χ4n) is 4.39. The number of carbonyl (C=O) groups is 4. The highest BCUT2D eigenvalue weighted by Gasteiger charge is 2.28. The van der Waals surface area contributed by atoms with Crippen LogP contribution in [0.4, 0.5) is 4.39 Å². The molecule has 0 aliphatic heterocycles. The van der Waals surface area contributed by atoms with Gasteiger partial charge in [-0.1, -0.05) is 50.1 Å². The number of carbonyl (C=O) groups excluding carboxylic acids is 4. The third-order valence-corrected chi connectivity index (χ3v) is 6.60. The van der Waals surface area contributed by atoms with Crippen LogP contribution in [0, 0.1) is 5.82 Å². The molecule has 0 saturated carbocycles. The molecule has 7 nitrogen and oxygen atoms in total. The molecule has 1 atom stereocenters. The van der Waals surface area contributed by atoms with E-state index in [4.69, 9.17) is 14.2 Å². The highest BCUT2D eigenvalue weighted by Crippen LogP contribution is 2.38. The fourth-order valence-corrected chi connectivity index (χ4v) is 4.39. The summed E-state index contributed by atoms with van der Waals surface area (Å²) < 4.78 is 31.6. The summed E-state index contributed by atoms with van der Waals surface area (Å²) in [6, 6.07) is 14.6. The molecule has 214 valence electrons. The van der Waals surface area contributed by atoms with Crippen molar-refractivity contribution < 1.29 is 37.8 Å². The molecule has 0 amide bonds. The molecular formula is C34H29FO7. The Bertz CT molecular complexity index is 1680. The number of fused-ring (bicyclic) bond motifs is 1. The summed E-state index contributed by atoms with van der Waals surface area (Å²) in [6.45, 7) is 15.0. The van der Waals surface area contributed by atoms with Gasteiger partial charge in [-0.15, -0.1) is 0 Å². The molecular weight excluding hydrogens is 539 g/mol. The summed E-state index contributed by atoms with van der Waals surface area (Å²) in [5, 5.41) is 0. The van der Waals surface area contributed by atoms with E-state index >= 15 is 4.39 Å². The molecule has 0 saturated heterocycles. The first-order valence-electron chi connectivity index (χ1n) is 13.1. The average molecular weight is 569 g/mol. The van der Waals surface area contributed by atoms with E-state index < -0.39 is 35.6 Å². The van der Waals surface area contributed by atoms with Crippen LogP contribution in [0.1, 0.15) is 31.9 Å². The van der Waals surface area contributed by atoms with Crippen LogP contribution in [-0.2, 0) is 36.8 Å². The summed E-state index contributed by atoms with van der Waals surface area (Å²) in [4.78, 5) is 48.2. The van der Waals surface area contributed by atoms with Gasteiger partial charge in [-0.25, -0.2) is 18.8 Å². The van der Waals surface area contributed by atoms with E-state index in [0.717, 1.165) is 16.7 Å². The second-order valence-corrected chi connectivity index (χ2v) is 10.2. The standard InChI is InChI=1S/C34H29FO7/c1-18(2)31(36)34(39)41-26-14-22-8-7-21(13-24(22)15-26)23-9-11-27(29(35)16-23)28-12-10-25(40-32(37)19(3)4)17-30(28)42-33(38)20(5)6/h7-13,16-17,26H,1,3,5,14-15H2,2,4,6H3. The van der Waals surface area contributed by atoms with Crippen molar-refractivity contribution in [1.82, 2.24) is 0 Å². The second-order valence-electron chi connectivity index (χ2n) is 10.2. The minimum absolute atomic E-state index is 0.00934. The summed E-state index contributed by atoms with van der Waals surface area (Å²) in [5.74, 6) is -3.53. The average Bonchev–Trinajstić information content (AvgIpc) is 3.34. The highest BCUT2D eigenvalue weighted by molar-refractivity contribution is 6.40. The van der Waals surface area contributed by atoms with E-state index in [1.54, 1.807) is 12.1 Å². The molecule has 1 aliphatic rings. The van der Waals surface area contributed by atoms with Gasteiger partial charge in [0.1, 0.15) is 23.4 Å². The Morgan fingerprint density at radius 3 is 1.93 bits per heavy atom. The number of Topliss-reactive ketones (excluding diaryl/α,β-unsaturated/α-hetero) is 1. The van der Waals surface area contributed by atoms with E-state index in [1.807, 2.05) is 18.2 Å². The fraction of sp³-hybridized carbons (Fsp3) is 0.176. The number of hydrogen-bond donors (Lipinski definition) is 0. The van der Waals surface area contributed by atoms with Crippen LogP contribution < -0.4 is 9.47 Å². The number of hydrogen-bond acceptors (Lipinski definition) is 7. The van der Waals surface area contributed by atoms with Crippen molar-refractivity contribution in [3.05, 3.63) is 108 Å². The Balaban J connectivity index is 1.60. The Morgan fingerprint density at radius 1 is 0.690 bits per heavy atom. The number of ether oxygens (including phenoxy) is 3. The minimum Gasteiger partial charge on any atom is -0.456 e. The molecule has 0 N–H and O–H groups in total. The number of ketones is 1. The van der Waals surface area contributed by atoms with E-state index in [1.165, 1.54) is 45.0 Å². The van der Waals surface area contributed by atoms with Gasteiger partial charge >= 0.3 is 17.9 Å². The number of esters is 3. The van der Waals surface area contributed by atoms with Crippen molar-refractivity contribution in [2.45, 2.75) is 39.7 Å². The Morgan fingerprint density at radius 2 is 1.29 bits per heavy atom. The summed E-state index contributed by atoms with van der Waals surface area (Å²) in [7, 11) is 0. The first kappa shape index (κ1) is 29.9. The quantitative estimate of drug-likeness (QED) is 0.130. The lowest BCUT2D eigenvalue weighted by Gasteiger charge is -2.14. The van der Waals surface area contributed by atoms with Gasteiger partial charge in [0.2, 0.25) is 0 Å². The van der Waals surface area contributed by atoms with Crippen LogP contribution in [-0.4, -0.2) is 29.8 Å². The van der Waals surface area contributed by atoms with Gasteiger partial charge in [-0.05, 0) is 66.8 Å². The molecule has 42 heavy (non-hydrogen) atoms. The molecule has 0 spiro atoms. The topological polar surface area (TPSA) is 96.0 Å². The zero-order chi connectivity index (χ0) is 30.7. The van der Waals surface area contributed by atoms with Gasteiger partial charge in [0, 0.05) is 41.2 Å². The molecule has 0 fully saturated rings. The largest absolute Gasteiger partial charge is 0.456 e. The predicted octanol–water partition coefficient (Wildman–Crippen LogP) is 6.28. The molecule has 0 radical (unpaired) electrons. The van der Waals surface area contributed by atoms with Crippen LogP contribution in [0.25, 0.3) is 22.3 Å². The number of rotatable bonds is 9. The molecule has 8 heteroatoms. The predicted molar refractivity (Wildman–Crippen MR) is 155 cm³/mol. The molecule has 0 aromatic heterocycles. The zero-order valence-corrected chi connectivity index (χ0v) is 23.5. The van der Waals surface area contributed by atoms with Crippen molar-refractivity contribution >= 4 is 23.7 Å². The Hall–Kier alpha value is -5.11. The highest BCUT2D eigenvalue weighted by atomic mass is 19.1. The molecule has 3 aromatic rings. The van der Waals surface area contributed by atoms with E-state index in [0.29, 0.717) is 18.4 Å². The second kappa shape index (κ2) is 12.2. The maximum atomic E-state index is 15.6. The van der Waals surface area contributed by atoms with Crippen molar-refractivity contribution in [1.29, 1.82) is 0 Å². The number of halogens is 1. The maximum Gasteiger partial charge on any atom is 0.379 e. The molecule has 1 unspecified atom stereocenters. The third-order valence-electron chi connectivity index (χ3n) is 6.60. The van der Waals surface area contributed by atoms with Crippen molar-refractivity contribution in [3.63, 3.8) is 0 Å². The normalized spacial score (nSPS) is 13.5. The SMILES string of the molecule is C=C(C)C(=O)Oc1ccc(-c2ccc(-c3ccc4c(c3)CC(OC(=O)C(=O)C(=C)C)C4)cc2F)c(OC(=O)C(=C)C)c1. The lowest BCUT2D eigenvalue weighted by Crippen LogP contribution is -2.25. The molecule has 0 bridgehead atoms. The maximum absolute atomic E-state index is 15.6. The summed E-state index contributed by atoms with van der Waals surface area (Å²) in [5.41, 5.74) is 4.14. The van der Waals surface area contributed by atoms with Crippen LogP contribution >= 0.6 is 0 Å². The first-order valence-corrected chi connectivity index (χ1v) is 13.1. The molecule has 1 aliphatic carbocycles. The lowest BCUT2D eigenvalue weighted by atomic mass is 9.97.